The molecule has 0 spiro atoms. The predicted octanol–water partition coefficient (Wildman–Crippen LogP) is 3.07. The van der Waals surface area contributed by atoms with Crippen LogP contribution in [0.25, 0.3) is 0 Å². The average molecular weight is 423 g/mol. The highest BCUT2D eigenvalue weighted by Crippen LogP contribution is 2.12. The molecule has 6 heteroatoms. The Balaban J connectivity index is 0.00000400. The Hall–Kier alpha value is -0.630. The quantitative estimate of drug-likeness (QED) is 0.317. The molecule has 0 atom stereocenters. The van der Waals surface area contributed by atoms with Gasteiger partial charge >= 0.3 is 0 Å². The third-order valence-corrected chi connectivity index (χ3v) is 3.66. The lowest BCUT2D eigenvalue weighted by atomic mass is 10.2. The van der Waals surface area contributed by atoms with Crippen molar-refractivity contribution in [2.45, 2.75) is 13.0 Å². The number of methoxy groups -OCH3 is 1. The molecule has 21 heavy (non-hydrogen) atoms. The van der Waals surface area contributed by atoms with Gasteiger partial charge in [0.2, 0.25) is 0 Å². The van der Waals surface area contributed by atoms with E-state index in [9.17, 15) is 0 Å². The highest BCUT2D eigenvalue weighted by Gasteiger charge is 2.06. The molecule has 0 aliphatic rings. The monoisotopic (exact) mass is 423 g/mol. The number of nitrogens with zero attached hydrogens (tertiary/aromatic N) is 2. The van der Waals surface area contributed by atoms with Gasteiger partial charge in [-0.1, -0.05) is 12.1 Å². The number of nitrogens with one attached hydrogen (secondary N) is 1. The minimum Gasteiger partial charge on any atom is -0.497 e. The van der Waals surface area contributed by atoms with Crippen molar-refractivity contribution in [1.29, 1.82) is 0 Å². The van der Waals surface area contributed by atoms with E-state index in [-0.39, 0.29) is 24.0 Å². The normalized spacial score (nSPS) is 10.8. The molecule has 1 aromatic rings. The summed E-state index contributed by atoms with van der Waals surface area (Å²) in [5.74, 6) is 2.99. The number of guanidine groups is 1. The van der Waals surface area contributed by atoms with Crippen LogP contribution in [0.2, 0.25) is 0 Å². The first-order valence-corrected chi connectivity index (χ1v) is 8.14. The highest BCUT2D eigenvalue weighted by molar-refractivity contribution is 14.0. The largest absolute Gasteiger partial charge is 0.497 e. The van der Waals surface area contributed by atoms with Crippen LogP contribution in [0, 0.1) is 0 Å². The standard InChI is InChI=1S/C15H25N3OS.HI/c1-16-15(17-10-5-11-20-4)18(2)12-13-6-8-14(19-3)9-7-13;/h6-9H,5,10-12H2,1-4H3,(H,16,17);1H. The van der Waals surface area contributed by atoms with Crippen LogP contribution in [0.3, 0.4) is 0 Å². The summed E-state index contributed by atoms with van der Waals surface area (Å²) in [5.41, 5.74) is 1.24. The third-order valence-electron chi connectivity index (χ3n) is 2.96. The lowest BCUT2D eigenvalue weighted by molar-refractivity contribution is 0.414. The first-order valence-electron chi connectivity index (χ1n) is 6.75. The maximum absolute atomic E-state index is 5.17. The average Bonchev–Trinajstić information content (AvgIpc) is 2.48. The summed E-state index contributed by atoms with van der Waals surface area (Å²) in [6.45, 7) is 1.78. The molecule has 0 saturated heterocycles. The summed E-state index contributed by atoms with van der Waals surface area (Å²) in [5, 5.41) is 3.38. The number of thioether (sulfide) groups is 1. The molecule has 1 rings (SSSR count). The van der Waals surface area contributed by atoms with Crippen LogP contribution < -0.4 is 10.1 Å². The molecule has 120 valence electrons. The first kappa shape index (κ1) is 20.4. The molecule has 1 aromatic carbocycles. The predicted molar refractivity (Wildman–Crippen MR) is 104 cm³/mol. The number of benzene rings is 1. The maximum atomic E-state index is 5.17. The number of aliphatic imine (C=N–C) groups is 1. The minimum atomic E-state index is 0. The molecule has 0 unspecified atom stereocenters. The molecule has 4 nitrogen and oxygen atoms in total. The van der Waals surface area contributed by atoms with Crippen molar-refractivity contribution >= 4 is 41.7 Å². The maximum Gasteiger partial charge on any atom is 0.193 e. The van der Waals surface area contributed by atoms with Gasteiger partial charge in [0.15, 0.2) is 5.96 Å². The van der Waals surface area contributed by atoms with Gasteiger partial charge in [-0.25, -0.2) is 0 Å². The van der Waals surface area contributed by atoms with Crippen molar-refractivity contribution in [2.24, 2.45) is 4.99 Å². The molecular weight excluding hydrogens is 397 g/mol. The zero-order chi connectivity index (χ0) is 14.8. The van der Waals surface area contributed by atoms with Gasteiger partial charge in [-0.15, -0.1) is 24.0 Å². The van der Waals surface area contributed by atoms with Crippen molar-refractivity contribution in [1.82, 2.24) is 10.2 Å². The summed E-state index contributed by atoms with van der Waals surface area (Å²) in [6, 6.07) is 8.13. The van der Waals surface area contributed by atoms with Gasteiger partial charge < -0.3 is 15.0 Å². The van der Waals surface area contributed by atoms with Gasteiger partial charge in [-0.2, -0.15) is 11.8 Å². The summed E-state index contributed by atoms with van der Waals surface area (Å²) < 4.78 is 5.17. The van der Waals surface area contributed by atoms with E-state index in [1.165, 1.54) is 11.3 Å². The van der Waals surface area contributed by atoms with E-state index >= 15 is 0 Å². The number of halogens is 1. The highest BCUT2D eigenvalue weighted by atomic mass is 127. The minimum absolute atomic E-state index is 0. The van der Waals surface area contributed by atoms with E-state index in [1.54, 1.807) is 7.11 Å². The van der Waals surface area contributed by atoms with Crippen LogP contribution in [-0.2, 0) is 6.54 Å². The van der Waals surface area contributed by atoms with Crippen molar-refractivity contribution in [3.8, 4) is 5.75 Å². The van der Waals surface area contributed by atoms with Crippen LogP contribution in [0.1, 0.15) is 12.0 Å². The molecule has 0 bridgehead atoms. The topological polar surface area (TPSA) is 36.9 Å². The summed E-state index contributed by atoms with van der Waals surface area (Å²) in [6.07, 6.45) is 3.28. The Morgan fingerprint density at radius 1 is 1.33 bits per heavy atom. The number of ether oxygens (including phenoxy) is 1. The van der Waals surface area contributed by atoms with Crippen LogP contribution in [-0.4, -0.2) is 50.6 Å². The van der Waals surface area contributed by atoms with Crippen LogP contribution in [0.5, 0.6) is 5.75 Å². The lowest BCUT2D eigenvalue weighted by Gasteiger charge is -2.22. The van der Waals surface area contributed by atoms with E-state index in [0.717, 1.165) is 31.2 Å². The Kier molecular flexibility index (Phi) is 11.6. The van der Waals surface area contributed by atoms with Gasteiger partial charge in [-0.05, 0) is 36.1 Å². The van der Waals surface area contributed by atoms with Crippen LogP contribution in [0.15, 0.2) is 29.3 Å². The fourth-order valence-corrected chi connectivity index (χ4v) is 2.31. The third kappa shape index (κ3) is 7.80. The van der Waals surface area contributed by atoms with Crippen molar-refractivity contribution in [2.75, 3.05) is 39.8 Å². The molecule has 0 radical (unpaired) electrons. The molecule has 0 heterocycles. The Bertz CT molecular complexity index is 412. The molecule has 1 N–H and O–H groups in total. The lowest BCUT2D eigenvalue weighted by Crippen LogP contribution is -2.39. The van der Waals surface area contributed by atoms with E-state index in [2.05, 4.69) is 33.6 Å². The van der Waals surface area contributed by atoms with Gasteiger partial charge in [0.05, 0.1) is 7.11 Å². The van der Waals surface area contributed by atoms with E-state index in [1.807, 2.05) is 38.0 Å². The molecule has 0 aliphatic carbocycles. The molecule has 0 amide bonds. The second-order valence-corrected chi connectivity index (χ2v) is 5.51. The van der Waals surface area contributed by atoms with Gasteiger partial charge in [0, 0.05) is 27.2 Å². The van der Waals surface area contributed by atoms with Crippen molar-refractivity contribution < 1.29 is 4.74 Å². The summed E-state index contributed by atoms with van der Waals surface area (Å²) in [7, 11) is 5.55. The van der Waals surface area contributed by atoms with Crippen LogP contribution >= 0.6 is 35.7 Å². The summed E-state index contributed by atoms with van der Waals surface area (Å²) in [4.78, 5) is 6.44. The SMILES string of the molecule is CN=C(NCCCSC)N(C)Cc1ccc(OC)cc1.I. The number of hydrogen-bond donors (Lipinski definition) is 1. The van der Waals surface area contributed by atoms with E-state index < -0.39 is 0 Å². The Morgan fingerprint density at radius 2 is 2.00 bits per heavy atom. The fraction of sp³-hybridized carbons (Fsp3) is 0.533. The van der Waals surface area contributed by atoms with E-state index in [4.69, 9.17) is 4.74 Å². The van der Waals surface area contributed by atoms with Crippen molar-refractivity contribution in [3.05, 3.63) is 29.8 Å². The van der Waals surface area contributed by atoms with Gasteiger partial charge in [0.25, 0.3) is 0 Å². The molecular formula is C15H26IN3OS. The Morgan fingerprint density at radius 3 is 2.52 bits per heavy atom. The van der Waals surface area contributed by atoms with Crippen molar-refractivity contribution in [3.63, 3.8) is 0 Å². The fourth-order valence-electron chi connectivity index (χ4n) is 1.88. The van der Waals surface area contributed by atoms with Gasteiger partial charge in [0.1, 0.15) is 5.75 Å². The second kappa shape index (κ2) is 12.0. The zero-order valence-electron chi connectivity index (χ0n) is 13.3. The molecule has 0 fully saturated rings. The van der Waals surface area contributed by atoms with Crippen LogP contribution in [0.4, 0.5) is 0 Å². The molecule has 0 aromatic heterocycles. The molecule has 0 saturated carbocycles. The number of hydrogen-bond acceptors (Lipinski definition) is 3. The zero-order valence-corrected chi connectivity index (χ0v) is 16.4. The molecule has 0 aliphatic heterocycles. The Labute approximate surface area is 149 Å². The van der Waals surface area contributed by atoms with E-state index in [0.29, 0.717) is 0 Å². The smallest absolute Gasteiger partial charge is 0.193 e. The summed E-state index contributed by atoms with van der Waals surface area (Å²) >= 11 is 1.87. The van der Waals surface area contributed by atoms with Gasteiger partial charge in [-0.3, -0.25) is 4.99 Å². The first-order chi connectivity index (χ1) is 9.71. The second-order valence-electron chi connectivity index (χ2n) is 4.52. The number of rotatable bonds is 7.